The van der Waals surface area contributed by atoms with Gasteiger partial charge in [-0.15, -0.1) is 0 Å². The summed E-state index contributed by atoms with van der Waals surface area (Å²) >= 11 is 0. The van der Waals surface area contributed by atoms with Crippen LogP contribution in [0.4, 0.5) is 0 Å². The minimum atomic E-state index is -0.848. The third kappa shape index (κ3) is 1.63. The molecule has 2 rings (SSSR count). The van der Waals surface area contributed by atoms with Crippen molar-refractivity contribution in [2.75, 3.05) is 0 Å². The normalized spacial score (nSPS) is 12.3. The Labute approximate surface area is 89.1 Å². The second-order valence-corrected chi connectivity index (χ2v) is 4.32. The van der Waals surface area contributed by atoms with Gasteiger partial charge in [0.05, 0.1) is 11.1 Å². The van der Waals surface area contributed by atoms with E-state index in [-0.39, 0.29) is 0 Å². The molecular formula is C12H16N2O. The Balaban J connectivity index is 2.73. The molecule has 1 heterocycles. The molecule has 0 aliphatic carbocycles. The van der Waals surface area contributed by atoms with Crippen LogP contribution in [0.3, 0.4) is 0 Å². The fourth-order valence-electron chi connectivity index (χ4n) is 1.85. The Morgan fingerprint density at radius 2 is 2.13 bits per heavy atom. The maximum absolute atomic E-state index is 10.0. The van der Waals surface area contributed by atoms with Crippen LogP contribution in [-0.2, 0) is 12.0 Å². The summed E-state index contributed by atoms with van der Waals surface area (Å²) in [5.74, 6) is 0. The molecule has 0 spiro atoms. The first-order valence-electron chi connectivity index (χ1n) is 5.23. The molecule has 2 aromatic rings. The molecule has 80 valence electrons. The van der Waals surface area contributed by atoms with E-state index in [4.69, 9.17) is 0 Å². The summed E-state index contributed by atoms with van der Waals surface area (Å²) < 4.78 is 0. The van der Waals surface area contributed by atoms with Crippen LogP contribution >= 0.6 is 0 Å². The highest BCUT2D eigenvalue weighted by Crippen LogP contribution is 2.28. The van der Waals surface area contributed by atoms with E-state index in [1.165, 1.54) is 0 Å². The van der Waals surface area contributed by atoms with E-state index in [0.29, 0.717) is 0 Å². The number of aromatic amines is 1. The van der Waals surface area contributed by atoms with Crippen LogP contribution in [0, 0.1) is 0 Å². The van der Waals surface area contributed by atoms with Crippen LogP contribution < -0.4 is 0 Å². The number of hydrogen-bond donors (Lipinski definition) is 2. The van der Waals surface area contributed by atoms with Gasteiger partial charge in [0.1, 0.15) is 0 Å². The number of fused-ring (bicyclic) bond motifs is 1. The van der Waals surface area contributed by atoms with E-state index in [9.17, 15) is 5.11 Å². The molecule has 0 unspecified atom stereocenters. The van der Waals surface area contributed by atoms with Gasteiger partial charge in [0.2, 0.25) is 0 Å². The Kier molecular flexibility index (Phi) is 2.27. The summed E-state index contributed by atoms with van der Waals surface area (Å²) in [4.78, 5) is 0. The number of aliphatic hydroxyl groups is 1. The summed E-state index contributed by atoms with van der Waals surface area (Å²) in [6.07, 6.45) is 0.922. The molecule has 0 bridgehead atoms. The van der Waals surface area contributed by atoms with Crippen molar-refractivity contribution in [3.8, 4) is 0 Å². The van der Waals surface area contributed by atoms with Gasteiger partial charge in [-0.1, -0.05) is 25.1 Å². The minimum Gasteiger partial charge on any atom is -0.386 e. The Bertz CT molecular complexity index is 480. The van der Waals surface area contributed by atoms with Gasteiger partial charge >= 0.3 is 0 Å². The third-order valence-electron chi connectivity index (χ3n) is 2.68. The average Bonchev–Trinajstić information content (AvgIpc) is 2.58. The molecule has 1 aromatic carbocycles. The zero-order chi connectivity index (χ0) is 11.1. The van der Waals surface area contributed by atoms with Gasteiger partial charge in [-0.2, -0.15) is 5.10 Å². The van der Waals surface area contributed by atoms with Gasteiger partial charge in [-0.05, 0) is 20.3 Å². The zero-order valence-corrected chi connectivity index (χ0v) is 9.33. The molecule has 0 atom stereocenters. The van der Waals surface area contributed by atoms with Crippen molar-refractivity contribution < 1.29 is 5.11 Å². The number of benzene rings is 1. The number of aryl methyl sites for hydroxylation is 1. The number of rotatable bonds is 2. The molecule has 0 saturated carbocycles. The second-order valence-electron chi connectivity index (χ2n) is 4.32. The molecule has 3 heteroatoms. The lowest BCUT2D eigenvalue weighted by atomic mass is 9.95. The van der Waals surface area contributed by atoms with Crippen molar-refractivity contribution in [3.63, 3.8) is 0 Å². The molecular weight excluding hydrogens is 188 g/mol. The van der Waals surface area contributed by atoms with Crippen molar-refractivity contribution in [1.82, 2.24) is 10.2 Å². The van der Waals surface area contributed by atoms with Crippen LogP contribution in [0.25, 0.3) is 10.9 Å². The molecule has 0 radical (unpaired) electrons. The number of aromatic nitrogens is 2. The molecule has 0 amide bonds. The average molecular weight is 204 g/mol. The van der Waals surface area contributed by atoms with Gasteiger partial charge in [0.25, 0.3) is 0 Å². The van der Waals surface area contributed by atoms with Gasteiger partial charge in [0.15, 0.2) is 0 Å². The van der Waals surface area contributed by atoms with Crippen LogP contribution in [0.15, 0.2) is 18.2 Å². The number of nitrogens with zero attached hydrogens (tertiary/aromatic N) is 1. The molecule has 0 fully saturated rings. The fourth-order valence-corrected chi connectivity index (χ4v) is 1.85. The van der Waals surface area contributed by atoms with E-state index in [0.717, 1.165) is 28.6 Å². The maximum atomic E-state index is 10.0. The van der Waals surface area contributed by atoms with E-state index in [2.05, 4.69) is 17.1 Å². The Morgan fingerprint density at radius 3 is 2.73 bits per heavy atom. The number of hydrogen-bond acceptors (Lipinski definition) is 2. The molecule has 0 saturated heterocycles. The quantitative estimate of drug-likeness (QED) is 0.788. The van der Waals surface area contributed by atoms with Crippen molar-refractivity contribution in [1.29, 1.82) is 0 Å². The summed E-state index contributed by atoms with van der Waals surface area (Å²) in [6, 6.07) is 5.92. The highest BCUT2D eigenvalue weighted by atomic mass is 16.3. The zero-order valence-electron chi connectivity index (χ0n) is 9.33. The topological polar surface area (TPSA) is 48.9 Å². The predicted molar refractivity (Wildman–Crippen MR) is 60.7 cm³/mol. The largest absolute Gasteiger partial charge is 0.386 e. The number of H-pyrrole nitrogens is 1. The highest BCUT2D eigenvalue weighted by Gasteiger charge is 2.20. The standard InChI is InChI=1S/C12H16N2O/c1-4-10-8-6-5-7-9(12(2,3)15)11(8)14-13-10/h5-7,15H,4H2,1-3H3,(H,13,14). The van der Waals surface area contributed by atoms with E-state index in [1.807, 2.05) is 18.2 Å². The van der Waals surface area contributed by atoms with Crippen molar-refractivity contribution >= 4 is 10.9 Å². The monoisotopic (exact) mass is 204 g/mol. The van der Waals surface area contributed by atoms with E-state index >= 15 is 0 Å². The molecule has 0 aliphatic rings. The molecule has 1 aromatic heterocycles. The summed E-state index contributed by atoms with van der Waals surface area (Å²) in [6.45, 7) is 5.65. The smallest absolute Gasteiger partial charge is 0.0984 e. The molecule has 2 N–H and O–H groups in total. The molecule has 3 nitrogen and oxygen atoms in total. The highest BCUT2D eigenvalue weighted by molar-refractivity contribution is 5.85. The van der Waals surface area contributed by atoms with Gasteiger partial charge in [0, 0.05) is 16.6 Å². The summed E-state index contributed by atoms with van der Waals surface area (Å²) in [5, 5.41) is 18.4. The fraction of sp³-hybridized carbons (Fsp3) is 0.417. The number of nitrogens with one attached hydrogen (secondary N) is 1. The lowest BCUT2D eigenvalue weighted by molar-refractivity contribution is 0.0800. The summed E-state index contributed by atoms with van der Waals surface area (Å²) in [5.41, 5.74) is 2.02. The maximum Gasteiger partial charge on any atom is 0.0984 e. The lowest BCUT2D eigenvalue weighted by Gasteiger charge is -2.17. The van der Waals surface area contributed by atoms with Crippen LogP contribution in [0.5, 0.6) is 0 Å². The van der Waals surface area contributed by atoms with E-state index < -0.39 is 5.60 Å². The first-order valence-corrected chi connectivity index (χ1v) is 5.23. The molecule has 15 heavy (non-hydrogen) atoms. The Hall–Kier alpha value is -1.35. The Morgan fingerprint density at radius 1 is 1.40 bits per heavy atom. The SMILES string of the molecule is CCc1[nH]nc2c(C(C)(C)O)cccc12. The second kappa shape index (κ2) is 3.35. The van der Waals surface area contributed by atoms with Crippen LogP contribution in [0.1, 0.15) is 32.0 Å². The van der Waals surface area contributed by atoms with Crippen molar-refractivity contribution in [2.45, 2.75) is 32.8 Å². The predicted octanol–water partition coefficient (Wildman–Crippen LogP) is 2.35. The number of para-hydroxylation sites is 1. The van der Waals surface area contributed by atoms with Gasteiger partial charge in [-0.25, -0.2) is 0 Å². The lowest BCUT2D eigenvalue weighted by Crippen LogP contribution is -2.15. The van der Waals surface area contributed by atoms with E-state index in [1.54, 1.807) is 13.8 Å². The van der Waals surface area contributed by atoms with Crippen molar-refractivity contribution in [2.24, 2.45) is 0 Å². The first kappa shape index (κ1) is 10.2. The van der Waals surface area contributed by atoms with Crippen molar-refractivity contribution in [3.05, 3.63) is 29.5 Å². The van der Waals surface area contributed by atoms with Crippen LogP contribution in [-0.4, -0.2) is 15.3 Å². The summed E-state index contributed by atoms with van der Waals surface area (Å²) in [7, 11) is 0. The van der Waals surface area contributed by atoms with Gasteiger partial charge in [-0.3, -0.25) is 5.10 Å². The first-order chi connectivity index (χ1) is 7.04. The van der Waals surface area contributed by atoms with Gasteiger partial charge < -0.3 is 5.11 Å². The minimum absolute atomic E-state index is 0.848. The third-order valence-corrected chi connectivity index (χ3v) is 2.68. The molecule has 0 aliphatic heterocycles. The van der Waals surface area contributed by atoms with Crippen LogP contribution in [0.2, 0.25) is 0 Å².